The van der Waals surface area contributed by atoms with Crippen molar-refractivity contribution in [1.82, 2.24) is 4.90 Å². The molecule has 21 heavy (non-hydrogen) atoms. The molecular formula is C16H17NO4. The van der Waals surface area contributed by atoms with Gasteiger partial charge in [-0.1, -0.05) is 11.6 Å². The van der Waals surface area contributed by atoms with Crippen molar-refractivity contribution in [3.8, 4) is 0 Å². The molecule has 1 aromatic carbocycles. The van der Waals surface area contributed by atoms with Crippen molar-refractivity contribution in [1.29, 1.82) is 0 Å². The zero-order chi connectivity index (χ0) is 15.0. The fourth-order valence-electron chi connectivity index (χ4n) is 2.42. The van der Waals surface area contributed by atoms with Crippen LogP contribution in [0.5, 0.6) is 0 Å². The van der Waals surface area contributed by atoms with Crippen LogP contribution in [0.1, 0.15) is 29.0 Å². The number of fused-ring (bicyclic) bond motifs is 1. The quantitative estimate of drug-likeness (QED) is 0.917. The maximum Gasteiger partial charge on any atom is 0.323 e. The van der Waals surface area contributed by atoms with Gasteiger partial charge in [-0.2, -0.15) is 0 Å². The highest BCUT2D eigenvalue weighted by Crippen LogP contribution is 2.30. The molecule has 1 amide bonds. The predicted molar refractivity (Wildman–Crippen MR) is 77.2 cm³/mol. The number of carbonyl (C=O) groups is 2. The molecular weight excluding hydrogens is 270 g/mol. The van der Waals surface area contributed by atoms with Crippen LogP contribution in [0.25, 0.3) is 11.0 Å². The van der Waals surface area contributed by atoms with E-state index in [0.717, 1.165) is 23.8 Å². The average molecular weight is 287 g/mol. The first-order chi connectivity index (χ1) is 10.0. The smallest absolute Gasteiger partial charge is 0.323 e. The fraction of sp³-hybridized carbons (Fsp3) is 0.375. The van der Waals surface area contributed by atoms with Gasteiger partial charge in [0.1, 0.15) is 12.1 Å². The Morgan fingerprint density at radius 2 is 2.10 bits per heavy atom. The zero-order valence-electron chi connectivity index (χ0n) is 11.8. The van der Waals surface area contributed by atoms with E-state index in [-0.39, 0.29) is 18.2 Å². The topological polar surface area (TPSA) is 70.8 Å². The lowest BCUT2D eigenvalue weighted by Gasteiger charge is -2.18. The number of hydrogen-bond donors (Lipinski definition) is 1. The van der Waals surface area contributed by atoms with E-state index in [2.05, 4.69) is 0 Å². The summed E-state index contributed by atoms with van der Waals surface area (Å²) in [6, 6.07) is 7.37. The van der Waals surface area contributed by atoms with E-state index in [0.29, 0.717) is 18.0 Å². The van der Waals surface area contributed by atoms with Crippen molar-refractivity contribution in [3.05, 3.63) is 35.6 Å². The summed E-state index contributed by atoms with van der Waals surface area (Å²) in [4.78, 5) is 24.8. The summed E-state index contributed by atoms with van der Waals surface area (Å²) < 4.78 is 5.57. The van der Waals surface area contributed by atoms with E-state index in [9.17, 15) is 9.59 Å². The second-order valence-electron chi connectivity index (χ2n) is 5.67. The van der Waals surface area contributed by atoms with E-state index >= 15 is 0 Å². The Labute approximate surface area is 122 Å². The largest absolute Gasteiger partial charge is 0.480 e. The van der Waals surface area contributed by atoms with Gasteiger partial charge in [0, 0.05) is 11.9 Å². The molecule has 1 saturated carbocycles. The van der Waals surface area contributed by atoms with E-state index < -0.39 is 5.97 Å². The van der Waals surface area contributed by atoms with Gasteiger partial charge in [-0.05, 0) is 43.9 Å². The molecule has 0 atom stereocenters. The molecule has 1 N–H and O–H groups in total. The highest BCUT2D eigenvalue weighted by molar-refractivity contribution is 5.97. The fourth-order valence-corrected chi connectivity index (χ4v) is 2.42. The Morgan fingerprint density at radius 1 is 1.33 bits per heavy atom. The van der Waals surface area contributed by atoms with Gasteiger partial charge in [-0.15, -0.1) is 0 Å². The normalized spacial score (nSPS) is 14.3. The maximum atomic E-state index is 12.5. The lowest BCUT2D eigenvalue weighted by Crippen LogP contribution is -2.37. The number of furan rings is 1. The van der Waals surface area contributed by atoms with Crippen molar-refractivity contribution in [2.24, 2.45) is 5.92 Å². The molecule has 0 bridgehead atoms. The lowest BCUT2D eigenvalue weighted by molar-refractivity contribution is -0.137. The van der Waals surface area contributed by atoms with Crippen molar-refractivity contribution < 1.29 is 19.1 Å². The van der Waals surface area contributed by atoms with Crippen LogP contribution in [0.4, 0.5) is 0 Å². The van der Waals surface area contributed by atoms with Crippen LogP contribution in [-0.2, 0) is 4.79 Å². The van der Waals surface area contributed by atoms with Gasteiger partial charge in [0.15, 0.2) is 5.76 Å². The molecule has 5 nitrogen and oxygen atoms in total. The Bertz CT molecular complexity index is 699. The number of hydrogen-bond acceptors (Lipinski definition) is 3. The summed E-state index contributed by atoms with van der Waals surface area (Å²) in [5.74, 6) is -0.716. The van der Waals surface area contributed by atoms with Gasteiger partial charge in [0.2, 0.25) is 0 Å². The first-order valence-corrected chi connectivity index (χ1v) is 7.04. The molecule has 1 heterocycles. The van der Waals surface area contributed by atoms with E-state index in [1.54, 1.807) is 6.07 Å². The van der Waals surface area contributed by atoms with Crippen molar-refractivity contribution in [3.63, 3.8) is 0 Å². The molecule has 0 aliphatic heterocycles. The molecule has 110 valence electrons. The molecule has 0 saturated heterocycles. The van der Waals surface area contributed by atoms with Crippen LogP contribution >= 0.6 is 0 Å². The second kappa shape index (κ2) is 5.24. The number of amides is 1. The van der Waals surface area contributed by atoms with Crippen LogP contribution in [0.3, 0.4) is 0 Å². The van der Waals surface area contributed by atoms with Crippen LogP contribution < -0.4 is 0 Å². The first-order valence-electron chi connectivity index (χ1n) is 7.04. The van der Waals surface area contributed by atoms with Gasteiger partial charge < -0.3 is 14.4 Å². The monoisotopic (exact) mass is 287 g/mol. The number of benzene rings is 1. The number of carboxylic acid groups (broad SMARTS) is 1. The van der Waals surface area contributed by atoms with Crippen LogP contribution in [0, 0.1) is 12.8 Å². The molecule has 0 unspecified atom stereocenters. The predicted octanol–water partition coefficient (Wildman–Crippen LogP) is 2.68. The molecule has 0 radical (unpaired) electrons. The van der Waals surface area contributed by atoms with Gasteiger partial charge in [0.25, 0.3) is 5.91 Å². The van der Waals surface area contributed by atoms with Crippen molar-refractivity contribution >= 4 is 22.8 Å². The number of carboxylic acids is 1. The molecule has 1 aliphatic carbocycles. The highest BCUT2D eigenvalue weighted by atomic mass is 16.4. The summed E-state index contributed by atoms with van der Waals surface area (Å²) in [6.07, 6.45) is 2.12. The third kappa shape index (κ3) is 3.07. The number of aryl methyl sites for hydroxylation is 1. The molecule has 3 rings (SSSR count). The number of aliphatic carboxylic acids is 1. The number of carbonyl (C=O) groups excluding carboxylic acids is 1. The molecule has 1 aliphatic rings. The van der Waals surface area contributed by atoms with Gasteiger partial charge >= 0.3 is 5.97 Å². The number of nitrogens with zero attached hydrogens (tertiary/aromatic N) is 1. The third-order valence-electron chi connectivity index (χ3n) is 3.67. The van der Waals surface area contributed by atoms with Crippen molar-refractivity contribution in [2.45, 2.75) is 19.8 Å². The Hall–Kier alpha value is -2.30. The summed E-state index contributed by atoms with van der Waals surface area (Å²) in [5.41, 5.74) is 1.73. The zero-order valence-corrected chi connectivity index (χ0v) is 11.8. The summed E-state index contributed by atoms with van der Waals surface area (Å²) in [6.45, 7) is 2.17. The standard InChI is InChI=1S/C16H17NO4/c1-10-2-5-13-12(6-10)7-14(21-13)16(20)17(9-15(18)19)8-11-3-4-11/h2,5-7,11H,3-4,8-9H2,1H3,(H,18,19). The highest BCUT2D eigenvalue weighted by Gasteiger charge is 2.29. The summed E-state index contributed by atoms with van der Waals surface area (Å²) in [7, 11) is 0. The van der Waals surface area contributed by atoms with Gasteiger partial charge in [-0.3, -0.25) is 9.59 Å². The van der Waals surface area contributed by atoms with Gasteiger partial charge in [0.05, 0.1) is 0 Å². The SMILES string of the molecule is Cc1ccc2oc(C(=O)N(CC(=O)O)CC3CC3)cc2c1. The van der Waals surface area contributed by atoms with Crippen LogP contribution in [0.2, 0.25) is 0 Å². The molecule has 5 heteroatoms. The van der Waals surface area contributed by atoms with Crippen LogP contribution in [0.15, 0.2) is 28.7 Å². The number of rotatable bonds is 5. The minimum absolute atomic E-state index is 0.206. The Balaban J connectivity index is 1.86. The first kappa shape index (κ1) is 13.7. The van der Waals surface area contributed by atoms with Crippen LogP contribution in [-0.4, -0.2) is 35.0 Å². The lowest BCUT2D eigenvalue weighted by atomic mass is 10.2. The summed E-state index contributed by atoms with van der Waals surface area (Å²) in [5, 5.41) is 9.83. The van der Waals surface area contributed by atoms with E-state index in [1.165, 1.54) is 4.90 Å². The molecule has 1 aromatic heterocycles. The van der Waals surface area contributed by atoms with E-state index in [1.807, 2.05) is 25.1 Å². The minimum atomic E-state index is -1.00. The van der Waals surface area contributed by atoms with Crippen molar-refractivity contribution in [2.75, 3.05) is 13.1 Å². The maximum absolute atomic E-state index is 12.5. The Morgan fingerprint density at radius 3 is 2.76 bits per heavy atom. The Kier molecular flexibility index (Phi) is 3.41. The molecule has 1 fully saturated rings. The minimum Gasteiger partial charge on any atom is -0.480 e. The van der Waals surface area contributed by atoms with E-state index in [4.69, 9.17) is 9.52 Å². The molecule has 2 aromatic rings. The molecule has 0 spiro atoms. The van der Waals surface area contributed by atoms with Gasteiger partial charge in [-0.25, -0.2) is 0 Å². The third-order valence-corrected chi connectivity index (χ3v) is 3.67. The second-order valence-corrected chi connectivity index (χ2v) is 5.67. The summed E-state index contributed by atoms with van der Waals surface area (Å²) >= 11 is 0. The average Bonchev–Trinajstić information content (AvgIpc) is 3.13.